The Kier molecular flexibility index (Phi) is 6.40. The second-order valence-corrected chi connectivity index (χ2v) is 10.5. The van der Waals surface area contributed by atoms with Crippen molar-refractivity contribution in [1.82, 2.24) is 9.97 Å². The number of aromatic nitrogens is 2. The predicted octanol–water partition coefficient (Wildman–Crippen LogP) is 9.59. The van der Waals surface area contributed by atoms with E-state index in [2.05, 4.69) is 72.8 Å². The number of hydrogen-bond donors (Lipinski definition) is 0. The summed E-state index contributed by atoms with van der Waals surface area (Å²) in [5, 5.41) is 0.904. The molecule has 3 aromatic heterocycles. The fraction of sp³-hybridized carbons (Fsp3) is 0.0286. The number of para-hydroxylation sites is 1. The predicted molar refractivity (Wildman–Crippen MR) is 161 cm³/mol. The Labute approximate surface area is 236 Å². The van der Waals surface area contributed by atoms with Crippen LogP contribution in [0.4, 0.5) is 0 Å². The molecule has 0 radical (unpaired) electrons. The van der Waals surface area contributed by atoms with Gasteiger partial charge in [-0.1, -0.05) is 84.9 Å². The summed E-state index contributed by atoms with van der Waals surface area (Å²) in [4.78, 5) is 9.51. The number of fused-ring (bicyclic) bond motifs is 1. The molecule has 4 nitrogen and oxygen atoms in total. The molecule has 4 aromatic carbocycles. The van der Waals surface area contributed by atoms with E-state index in [0.717, 1.165) is 32.0 Å². The highest BCUT2D eigenvalue weighted by atomic mass is 32.1. The number of nitrogens with zero attached hydrogens (tertiary/aromatic N) is 2. The first-order chi connectivity index (χ1) is 19.8. The van der Waals surface area contributed by atoms with Gasteiger partial charge in [0.25, 0.3) is 5.95 Å². The van der Waals surface area contributed by atoms with Gasteiger partial charge in [0.15, 0.2) is 0 Å². The van der Waals surface area contributed by atoms with Gasteiger partial charge in [0.1, 0.15) is 17.0 Å². The van der Waals surface area contributed by atoms with E-state index in [-0.39, 0.29) is 5.92 Å². The highest BCUT2D eigenvalue weighted by molar-refractivity contribution is 7.21. The van der Waals surface area contributed by atoms with Crippen molar-refractivity contribution in [3.63, 3.8) is 0 Å². The largest absolute Gasteiger partial charge is 0.433 e. The lowest BCUT2D eigenvalue weighted by molar-refractivity contribution is 0.346. The monoisotopic (exact) mass is 536 g/mol. The van der Waals surface area contributed by atoms with E-state index in [9.17, 15) is 0 Å². The molecule has 0 unspecified atom stereocenters. The van der Waals surface area contributed by atoms with E-state index in [1.54, 1.807) is 17.6 Å². The van der Waals surface area contributed by atoms with Crippen molar-refractivity contribution in [3.8, 4) is 33.4 Å². The van der Waals surface area contributed by atoms with Crippen molar-refractivity contribution in [3.05, 3.63) is 157 Å². The van der Waals surface area contributed by atoms with Crippen LogP contribution in [-0.4, -0.2) is 9.97 Å². The molecule has 0 spiro atoms. The maximum Gasteiger partial charge on any atom is 0.290 e. The zero-order valence-electron chi connectivity index (χ0n) is 21.5. The van der Waals surface area contributed by atoms with Crippen molar-refractivity contribution in [2.24, 2.45) is 0 Å². The van der Waals surface area contributed by atoms with Crippen molar-refractivity contribution in [1.29, 1.82) is 0 Å². The van der Waals surface area contributed by atoms with E-state index in [1.807, 2.05) is 60.8 Å². The molecular weight excluding hydrogens is 512 g/mol. The molecule has 7 aromatic rings. The van der Waals surface area contributed by atoms with Gasteiger partial charge in [-0.3, -0.25) is 4.98 Å². The molecule has 0 saturated carbocycles. The van der Waals surface area contributed by atoms with Crippen LogP contribution in [0.1, 0.15) is 22.7 Å². The second-order valence-electron chi connectivity index (χ2n) is 9.46. The highest BCUT2D eigenvalue weighted by Crippen LogP contribution is 2.39. The number of furan rings is 1. The van der Waals surface area contributed by atoms with Crippen LogP contribution in [-0.2, 0) is 0 Å². The Balaban J connectivity index is 1.24. The van der Waals surface area contributed by atoms with Crippen molar-refractivity contribution >= 4 is 21.6 Å². The van der Waals surface area contributed by atoms with Gasteiger partial charge in [-0.05, 0) is 58.7 Å². The van der Waals surface area contributed by atoms with Crippen LogP contribution in [0.15, 0.2) is 144 Å². The van der Waals surface area contributed by atoms with E-state index in [0.29, 0.717) is 11.7 Å². The lowest BCUT2D eigenvalue weighted by Gasteiger charge is -2.21. The number of rotatable bonds is 7. The molecule has 1 atom stereocenters. The summed E-state index contributed by atoms with van der Waals surface area (Å²) in [5.74, 6) is 1.03. The SMILES string of the molecule is c1ccc(-c2ccccc2[C@H](c2cccc(Oc3cc(-c4nc5ccccc5s4)co3)c2)c2ccccn2)cc1. The zero-order valence-corrected chi connectivity index (χ0v) is 22.3. The average Bonchev–Trinajstić information content (AvgIpc) is 3.66. The number of thiazole rings is 1. The van der Waals surface area contributed by atoms with Crippen molar-refractivity contribution in [2.75, 3.05) is 0 Å². The smallest absolute Gasteiger partial charge is 0.290 e. The quantitative estimate of drug-likeness (QED) is 0.203. The summed E-state index contributed by atoms with van der Waals surface area (Å²) >= 11 is 1.64. The highest BCUT2D eigenvalue weighted by Gasteiger charge is 2.22. The topological polar surface area (TPSA) is 48.2 Å². The Hall–Kier alpha value is -5.00. The first-order valence-electron chi connectivity index (χ1n) is 13.1. The van der Waals surface area contributed by atoms with Crippen LogP contribution in [0.2, 0.25) is 0 Å². The van der Waals surface area contributed by atoms with Crippen LogP contribution >= 0.6 is 11.3 Å². The molecule has 40 heavy (non-hydrogen) atoms. The first-order valence-corrected chi connectivity index (χ1v) is 13.9. The molecule has 3 heterocycles. The van der Waals surface area contributed by atoms with Gasteiger partial charge in [0.2, 0.25) is 0 Å². The average molecular weight is 537 g/mol. The molecule has 5 heteroatoms. The van der Waals surface area contributed by atoms with Gasteiger partial charge in [0.05, 0.1) is 27.4 Å². The van der Waals surface area contributed by atoms with Crippen molar-refractivity contribution < 1.29 is 9.15 Å². The molecule has 0 saturated heterocycles. The van der Waals surface area contributed by atoms with Gasteiger partial charge in [0, 0.05) is 12.3 Å². The molecular formula is C35H24N2O2S. The van der Waals surface area contributed by atoms with Gasteiger partial charge in [-0.25, -0.2) is 4.98 Å². The summed E-state index contributed by atoms with van der Waals surface area (Å²) in [6, 6.07) is 43.3. The lowest BCUT2D eigenvalue weighted by Crippen LogP contribution is -2.07. The van der Waals surface area contributed by atoms with Crippen LogP contribution in [0.5, 0.6) is 11.7 Å². The molecule has 0 fully saturated rings. The molecule has 192 valence electrons. The Morgan fingerprint density at radius 2 is 1.52 bits per heavy atom. The summed E-state index contributed by atoms with van der Waals surface area (Å²) in [5.41, 5.74) is 7.46. The van der Waals surface area contributed by atoms with Gasteiger partial charge in [-0.2, -0.15) is 0 Å². The number of benzene rings is 4. The number of pyridine rings is 1. The normalized spacial score (nSPS) is 11.9. The lowest BCUT2D eigenvalue weighted by atomic mass is 9.83. The molecule has 0 bridgehead atoms. The maximum atomic E-state index is 6.22. The van der Waals surface area contributed by atoms with E-state index in [1.165, 1.54) is 16.7 Å². The molecule has 0 aliphatic heterocycles. The van der Waals surface area contributed by atoms with Crippen LogP contribution in [0.25, 0.3) is 31.9 Å². The van der Waals surface area contributed by atoms with Gasteiger partial charge < -0.3 is 9.15 Å². The molecule has 0 amide bonds. The Morgan fingerprint density at radius 3 is 2.40 bits per heavy atom. The fourth-order valence-corrected chi connectivity index (χ4v) is 5.98. The second kappa shape index (κ2) is 10.6. The van der Waals surface area contributed by atoms with Crippen LogP contribution < -0.4 is 4.74 Å². The Bertz CT molecular complexity index is 1860. The summed E-state index contributed by atoms with van der Waals surface area (Å²) in [7, 11) is 0. The minimum absolute atomic E-state index is 0.0870. The van der Waals surface area contributed by atoms with E-state index >= 15 is 0 Å². The maximum absolute atomic E-state index is 6.22. The van der Waals surface area contributed by atoms with Crippen LogP contribution in [0, 0.1) is 0 Å². The Morgan fingerprint density at radius 1 is 0.700 bits per heavy atom. The standard InChI is InChI=1S/C35H24N2O2S/c1-2-11-24(12-3-1)28-15-4-5-16-29(28)34(31-18-8-9-20-36-31)25-13-10-14-27(21-25)39-33-22-26(23-38-33)35-37-30-17-6-7-19-32(30)40-35/h1-23,34H/t34-/m0/s1. The van der Waals surface area contributed by atoms with E-state index < -0.39 is 0 Å². The minimum atomic E-state index is -0.0870. The van der Waals surface area contributed by atoms with Gasteiger partial charge in [-0.15, -0.1) is 11.3 Å². The fourth-order valence-electron chi connectivity index (χ4n) is 5.04. The third-order valence-corrected chi connectivity index (χ3v) is 7.95. The summed E-state index contributed by atoms with van der Waals surface area (Å²) < 4.78 is 13.2. The van der Waals surface area contributed by atoms with Crippen molar-refractivity contribution in [2.45, 2.75) is 5.92 Å². The molecule has 7 rings (SSSR count). The first kappa shape index (κ1) is 24.1. The number of hydrogen-bond acceptors (Lipinski definition) is 5. The zero-order chi connectivity index (χ0) is 26.7. The van der Waals surface area contributed by atoms with E-state index in [4.69, 9.17) is 19.1 Å². The summed E-state index contributed by atoms with van der Waals surface area (Å²) in [6.45, 7) is 0. The third-order valence-electron chi connectivity index (χ3n) is 6.87. The summed E-state index contributed by atoms with van der Waals surface area (Å²) in [6.07, 6.45) is 3.55. The molecule has 0 aliphatic rings. The van der Waals surface area contributed by atoms with Gasteiger partial charge >= 0.3 is 0 Å². The molecule has 0 aliphatic carbocycles. The number of ether oxygens (including phenoxy) is 1. The van der Waals surface area contributed by atoms with Crippen LogP contribution in [0.3, 0.4) is 0 Å². The molecule has 0 N–H and O–H groups in total. The third kappa shape index (κ3) is 4.79. The minimum Gasteiger partial charge on any atom is -0.433 e.